The Balaban J connectivity index is 1.59. The molecule has 7 heteroatoms. The van der Waals surface area contributed by atoms with E-state index < -0.39 is 5.66 Å². The number of hydrogen-bond acceptors (Lipinski definition) is 7. The third-order valence-electron chi connectivity index (χ3n) is 5.94. The minimum absolute atomic E-state index is 0.436. The molecule has 7 nitrogen and oxygen atoms in total. The van der Waals surface area contributed by atoms with Gasteiger partial charge in [0.2, 0.25) is 5.96 Å². The highest BCUT2D eigenvalue weighted by atomic mass is 15.4. The Hall–Kier alpha value is -3.06. The number of pyridine rings is 1. The van der Waals surface area contributed by atoms with Gasteiger partial charge in [-0.1, -0.05) is 44.2 Å². The smallest absolute Gasteiger partial charge is 0.202 e. The van der Waals surface area contributed by atoms with Crippen LogP contribution in [0.1, 0.15) is 30.9 Å². The number of hydrogen-bond donors (Lipinski definition) is 2. The summed E-state index contributed by atoms with van der Waals surface area (Å²) in [5.41, 5.74) is 8.27. The van der Waals surface area contributed by atoms with Crippen molar-refractivity contribution in [3.05, 3.63) is 71.7 Å². The molecule has 0 radical (unpaired) electrons. The van der Waals surface area contributed by atoms with Gasteiger partial charge in [0.05, 0.1) is 0 Å². The van der Waals surface area contributed by atoms with Gasteiger partial charge in [-0.2, -0.15) is 0 Å². The molecule has 0 amide bonds. The van der Waals surface area contributed by atoms with Gasteiger partial charge in [-0.15, -0.1) is 0 Å². The Morgan fingerprint density at radius 2 is 1.77 bits per heavy atom. The molecule has 1 aromatic carbocycles. The number of guanidine groups is 1. The van der Waals surface area contributed by atoms with E-state index in [1.165, 1.54) is 5.56 Å². The molecular weight excluding hydrogens is 386 g/mol. The van der Waals surface area contributed by atoms with Crippen molar-refractivity contribution in [1.29, 1.82) is 0 Å². The summed E-state index contributed by atoms with van der Waals surface area (Å²) in [5.74, 6) is 3.23. The number of rotatable bonds is 4. The van der Waals surface area contributed by atoms with E-state index in [-0.39, 0.29) is 0 Å². The fraction of sp³-hybridized carbons (Fsp3) is 0.417. The Morgan fingerprint density at radius 1 is 1.03 bits per heavy atom. The number of piperazine rings is 1. The van der Waals surface area contributed by atoms with Crippen molar-refractivity contribution < 1.29 is 0 Å². The van der Waals surface area contributed by atoms with Crippen molar-refractivity contribution in [3.63, 3.8) is 0 Å². The molecular formula is C24H33N7. The highest BCUT2D eigenvalue weighted by Gasteiger charge is 2.33. The minimum Gasteiger partial charge on any atom is -0.364 e. The molecule has 0 spiro atoms. The molecule has 0 saturated carbocycles. The third kappa shape index (κ3) is 4.51. The molecule has 1 fully saturated rings. The second-order valence-corrected chi connectivity index (χ2v) is 8.75. The van der Waals surface area contributed by atoms with Crippen LogP contribution < -0.4 is 16.0 Å². The number of benzene rings is 1. The van der Waals surface area contributed by atoms with Gasteiger partial charge in [-0.05, 0) is 29.2 Å². The summed E-state index contributed by atoms with van der Waals surface area (Å²) in [6.45, 7) is 7.87. The largest absolute Gasteiger partial charge is 0.364 e. The number of aliphatic imine (C=N–C) groups is 1. The molecule has 1 aromatic heterocycles. The molecule has 164 valence electrons. The number of nitrogens with one attached hydrogen (secondary N) is 1. The first kappa shape index (κ1) is 21.2. The summed E-state index contributed by atoms with van der Waals surface area (Å²) < 4.78 is 0. The number of anilines is 1. The molecule has 3 N–H and O–H groups in total. The van der Waals surface area contributed by atoms with Gasteiger partial charge in [0.1, 0.15) is 11.6 Å². The predicted octanol–water partition coefficient (Wildman–Crippen LogP) is 2.50. The van der Waals surface area contributed by atoms with Crippen LogP contribution in [0.25, 0.3) is 0 Å². The van der Waals surface area contributed by atoms with Gasteiger partial charge >= 0.3 is 0 Å². The molecule has 2 aliphatic heterocycles. The lowest BCUT2D eigenvalue weighted by molar-refractivity contribution is 0.352. The van der Waals surface area contributed by atoms with Crippen LogP contribution in [-0.2, 0) is 5.66 Å². The first-order valence-corrected chi connectivity index (χ1v) is 10.9. The van der Waals surface area contributed by atoms with Crippen LogP contribution in [0.3, 0.4) is 0 Å². The fourth-order valence-electron chi connectivity index (χ4n) is 3.97. The van der Waals surface area contributed by atoms with Crippen LogP contribution in [-0.4, -0.2) is 61.0 Å². The van der Waals surface area contributed by atoms with Gasteiger partial charge in [0.15, 0.2) is 5.66 Å². The maximum Gasteiger partial charge on any atom is 0.202 e. The van der Waals surface area contributed by atoms with Crippen molar-refractivity contribution in [2.75, 3.05) is 45.2 Å². The first-order chi connectivity index (χ1) is 14.9. The fourth-order valence-corrected chi connectivity index (χ4v) is 3.97. The molecule has 4 rings (SSSR count). The molecule has 1 saturated heterocycles. The van der Waals surface area contributed by atoms with E-state index in [9.17, 15) is 0 Å². The lowest BCUT2D eigenvalue weighted by Gasteiger charge is -2.41. The summed E-state index contributed by atoms with van der Waals surface area (Å²) in [7, 11) is 4.04. The molecule has 1 atom stereocenters. The van der Waals surface area contributed by atoms with Crippen LogP contribution in [0.4, 0.5) is 5.82 Å². The summed E-state index contributed by atoms with van der Waals surface area (Å²) in [6.07, 6.45) is 3.86. The van der Waals surface area contributed by atoms with Gasteiger partial charge in [-0.25, -0.2) is 9.98 Å². The Morgan fingerprint density at radius 3 is 2.42 bits per heavy atom. The van der Waals surface area contributed by atoms with E-state index >= 15 is 0 Å². The highest BCUT2D eigenvalue weighted by molar-refractivity contribution is 5.83. The zero-order valence-corrected chi connectivity index (χ0v) is 18.9. The first-order valence-electron chi connectivity index (χ1n) is 10.9. The predicted molar refractivity (Wildman–Crippen MR) is 127 cm³/mol. The molecule has 1 unspecified atom stereocenters. The SMILES string of the molecule is CC(C)c1cccc(C2(N)C=C(N(C)C)NC(N3CCN(c4ccccn4)CC3)=N2)c1. The van der Waals surface area contributed by atoms with Crippen LogP contribution in [0.2, 0.25) is 0 Å². The molecule has 0 aliphatic carbocycles. The van der Waals surface area contributed by atoms with Gasteiger partial charge in [-0.3, -0.25) is 5.73 Å². The summed E-state index contributed by atoms with van der Waals surface area (Å²) in [5, 5.41) is 3.49. The van der Waals surface area contributed by atoms with Crippen LogP contribution >= 0.6 is 0 Å². The van der Waals surface area contributed by atoms with Crippen molar-refractivity contribution >= 4 is 11.8 Å². The lowest BCUT2D eigenvalue weighted by atomic mass is 9.94. The van der Waals surface area contributed by atoms with Gasteiger partial charge < -0.3 is 20.0 Å². The van der Waals surface area contributed by atoms with E-state index in [0.717, 1.165) is 49.3 Å². The molecule has 2 aliphatic rings. The molecule has 3 heterocycles. The van der Waals surface area contributed by atoms with Gasteiger partial charge in [0, 0.05) is 52.5 Å². The second-order valence-electron chi connectivity index (χ2n) is 8.75. The maximum absolute atomic E-state index is 6.92. The zero-order chi connectivity index (χ0) is 22.0. The van der Waals surface area contributed by atoms with Crippen molar-refractivity contribution in [2.45, 2.75) is 25.4 Å². The lowest BCUT2D eigenvalue weighted by Crippen LogP contribution is -2.56. The monoisotopic (exact) mass is 419 g/mol. The number of aromatic nitrogens is 1. The molecule has 0 bridgehead atoms. The minimum atomic E-state index is -0.913. The standard InChI is InChI=1S/C24H33N7/c1-18(2)19-8-7-9-20(16-19)24(25)17-22(29(3)4)27-23(28-24)31-14-12-30(13-15-31)21-10-5-6-11-26-21/h5-11,16-18H,12-15,25H2,1-4H3,(H,27,28). The van der Waals surface area contributed by atoms with E-state index in [2.05, 4.69) is 64.3 Å². The summed E-state index contributed by atoms with van der Waals surface area (Å²) in [4.78, 5) is 16.1. The van der Waals surface area contributed by atoms with Crippen LogP contribution in [0.15, 0.2) is 65.6 Å². The Labute approximate surface area is 185 Å². The number of nitrogens with two attached hydrogens (primary N) is 1. The summed E-state index contributed by atoms with van der Waals surface area (Å²) in [6, 6.07) is 14.5. The summed E-state index contributed by atoms with van der Waals surface area (Å²) >= 11 is 0. The second kappa shape index (κ2) is 8.59. The van der Waals surface area contributed by atoms with Crippen LogP contribution in [0.5, 0.6) is 0 Å². The normalized spacial score (nSPS) is 21.5. The van der Waals surface area contributed by atoms with E-state index in [4.69, 9.17) is 10.7 Å². The molecule has 31 heavy (non-hydrogen) atoms. The van der Waals surface area contributed by atoms with Crippen LogP contribution in [0, 0.1) is 0 Å². The van der Waals surface area contributed by atoms with Crippen molar-refractivity contribution in [2.24, 2.45) is 10.7 Å². The highest BCUT2D eigenvalue weighted by Crippen LogP contribution is 2.29. The Kier molecular flexibility index (Phi) is 5.87. The number of nitrogens with zero attached hydrogens (tertiary/aromatic N) is 5. The zero-order valence-electron chi connectivity index (χ0n) is 18.9. The topological polar surface area (TPSA) is 73.0 Å². The average molecular weight is 420 g/mol. The molecule has 2 aromatic rings. The Bertz CT molecular complexity index is 959. The van der Waals surface area contributed by atoms with Crippen molar-refractivity contribution in [3.8, 4) is 0 Å². The maximum atomic E-state index is 6.92. The van der Waals surface area contributed by atoms with E-state index in [0.29, 0.717) is 5.92 Å². The quantitative estimate of drug-likeness (QED) is 0.793. The third-order valence-corrected chi connectivity index (χ3v) is 5.94. The van der Waals surface area contributed by atoms with E-state index in [1.807, 2.05) is 43.4 Å². The van der Waals surface area contributed by atoms with Crippen molar-refractivity contribution in [1.82, 2.24) is 20.1 Å². The van der Waals surface area contributed by atoms with E-state index in [1.54, 1.807) is 0 Å². The average Bonchev–Trinajstić information content (AvgIpc) is 2.79. The van der Waals surface area contributed by atoms with Gasteiger partial charge in [0.25, 0.3) is 0 Å².